The third-order valence-corrected chi connectivity index (χ3v) is 4.65. The number of aliphatic hydroxyl groups is 3. The predicted octanol–water partition coefficient (Wildman–Crippen LogP) is -0.203. The Hall–Kier alpha value is -3.38. The number of carbonyl (C=O) groups excluding carboxylic acids is 1. The van der Waals surface area contributed by atoms with Gasteiger partial charge in [0, 0.05) is 12.1 Å². The van der Waals surface area contributed by atoms with Crippen LogP contribution >= 0.6 is 0 Å². The van der Waals surface area contributed by atoms with Crippen molar-refractivity contribution in [3.8, 4) is 17.2 Å². The fraction of sp³-hybridized carbons (Fsp3) is 0.333. The van der Waals surface area contributed by atoms with E-state index in [4.69, 9.17) is 23.4 Å². The van der Waals surface area contributed by atoms with E-state index in [1.54, 1.807) is 6.07 Å². The number of rotatable bonds is 7. The first kappa shape index (κ1) is 23.3. The summed E-state index contributed by atoms with van der Waals surface area (Å²) in [6, 6.07) is 5.53. The van der Waals surface area contributed by atoms with E-state index < -0.39 is 48.7 Å². The van der Waals surface area contributed by atoms with Gasteiger partial charge in [0.1, 0.15) is 18.5 Å². The predicted molar refractivity (Wildman–Crippen MR) is 107 cm³/mol. The van der Waals surface area contributed by atoms with Crippen LogP contribution in [0.25, 0.3) is 6.08 Å². The number of phenols is 1. The quantitative estimate of drug-likeness (QED) is 0.326. The van der Waals surface area contributed by atoms with Gasteiger partial charge in [-0.2, -0.15) is 0 Å². The zero-order valence-corrected chi connectivity index (χ0v) is 16.9. The number of benzene rings is 1. The molecule has 1 aliphatic heterocycles. The summed E-state index contributed by atoms with van der Waals surface area (Å²) < 4.78 is 25.5. The monoisotopic (exact) mass is 450 g/mol. The molecule has 2 heterocycles. The van der Waals surface area contributed by atoms with Crippen molar-refractivity contribution in [1.29, 1.82) is 0 Å². The van der Waals surface area contributed by atoms with Crippen molar-refractivity contribution in [2.45, 2.75) is 30.7 Å². The highest BCUT2D eigenvalue weighted by atomic mass is 16.7. The van der Waals surface area contributed by atoms with E-state index in [1.165, 1.54) is 25.3 Å². The van der Waals surface area contributed by atoms with E-state index >= 15 is 0 Å². The van der Waals surface area contributed by atoms with Gasteiger partial charge in [0.2, 0.25) is 17.5 Å². The average molecular weight is 450 g/mol. The lowest BCUT2D eigenvalue weighted by Crippen LogP contribution is -2.61. The highest BCUT2D eigenvalue weighted by molar-refractivity contribution is 5.87. The molecule has 32 heavy (non-hydrogen) atoms. The second kappa shape index (κ2) is 10.3. The fourth-order valence-electron chi connectivity index (χ4n) is 2.99. The Morgan fingerprint density at radius 3 is 2.62 bits per heavy atom. The molecule has 0 unspecified atom stereocenters. The van der Waals surface area contributed by atoms with Crippen LogP contribution in [-0.2, 0) is 14.3 Å². The van der Waals surface area contributed by atoms with E-state index in [9.17, 15) is 30.0 Å². The SMILES string of the molecule is COc1ccc(/C=C/C(=O)O[C@@H]2[C@@H](O)[C@H](Oc3coccc3=O)O[C@H](CO)[C@H]2O)cc1O. The van der Waals surface area contributed by atoms with Crippen LogP contribution in [-0.4, -0.2) is 70.8 Å². The van der Waals surface area contributed by atoms with Gasteiger partial charge in [0.05, 0.1) is 20.0 Å². The summed E-state index contributed by atoms with van der Waals surface area (Å²) in [5.41, 5.74) is -0.100. The summed E-state index contributed by atoms with van der Waals surface area (Å²) in [6.45, 7) is -0.674. The van der Waals surface area contributed by atoms with E-state index in [2.05, 4.69) is 0 Å². The molecule has 0 aliphatic carbocycles. The Morgan fingerprint density at radius 2 is 1.97 bits per heavy atom. The molecule has 11 heteroatoms. The number of aliphatic hydroxyl groups excluding tert-OH is 3. The number of aromatic hydroxyl groups is 1. The molecule has 1 aromatic heterocycles. The van der Waals surface area contributed by atoms with Crippen LogP contribution in [0.3, 0.4) is 0 Å². The molecule has 1 fully saturated rings. The molecule has 1 saturated heterocycles. The van der Waals surface area contributed by atoms with Crippen molar-refractivity contribution in [2.24, 2.45) is 0 Å². The largest absolute Gasteiger partial charge is 0.504 e. The topological polar surface area (TPSA) is 165 Å². The van der Waals surface area contributed by atoms with Crippen molar-refractivity contribution >= 4 is 12.0 Å². The molecular weight excluding hydrogens is 428 g/mol. The third-order valence-electron chi connectivity index (χ3n) is 4.65. The summed E-state index contributed by atoms with van der Waals surface area (Å²) >= 11 is 0. The normalized spacial score (nSPS) is 25.4. The minimum absolute atomic E-state index is 0.130. The van der Waals surface area contributed by atoms with E-state index in [0.717, 1.165) is 24.7 Å². The molecule has 172 valence electrons. The molecule has 0 saturated carbocycles. The highest BCUT2D eigenvalue weighted by Gasteiger charge is 2.48. The Labute approximate surface area is 181 Å². The molecule has 1 aliphatic rings. The van der Waals surface area contributed by atoms with Crippen LogP contribution in [0.5, 0.6) is 17.2 Å². The van der Waals surface area contributed by atoms with Crippen LogP contribution in [0.4, 0.5) is 0 Å². The molecule has 0 spiro atoms. The van der Waals surface area contributed by atoms with Gasteiger partial charge in [0.15, 0.2) is 23.7 Å². The standard InChI is InChI=1S/C21H22O11/c1-28-14-4-2-11(8-13(14)24)3-5-17(25)32-20-18(26)15(9-22)30-21(19(20)27)31-16-10-29-7-6-12(16)23/h2-8,10,15,18-22,24,26-27H,9H2,1H3/b5-3+/t15-,18-,19-,20+,21+/m1/s1. The van der Waals surface area contributed by atoms with Crippen LogP contribution in [0.2, 0.25) is 0 Å². The molecular formula is C21H22O11. The third kappa shape index (κ3) is 5.26. The Morgan fingerprint density at radius 1 is 1.19 bits per heavy atom. The first-order valence-corrected chi connectivity index (χ1v) is 9.45. The van der Waals surface area contributed by atoms with Gasteiger partial charge in [-0.25, -0.2) is 4.79 Å². The lowest BCUT2D eigenvalue weighted by Gasteiger charge is -2.40. The van der Waals surface area contributed by atoms with Crippen molar-refractivity contribution in [2.75, 3.05) is 13.7 Å². The molecule has 1 aromatic carbocycles. The lowest BCUT2D eigenvalue weighted by atomic mass is 9.99. The number of carbonyl (C=O) groups is 1. The number of hydrogen-bond donors (Lipinski definition) is 4. The maximum atomic E-state index is 12.3. The van der Waals surface area contributed by atoms with E-state index in [0.29, 0.717) is 5.56 Å². The zero-order chi connectivity index (χ0) is 23.3. The summed E-state index contributed by atoms with van der Waals surface area (Å²) in [4.78, 5) is 24.1. The molecule has 0 amide bonds. The lowest BCUT2D eigenvalue weighted by molar-refractivity contribution is -0.280. The van der Waals surface area contributed by atoms with Crippen LogP contribution in [0, 0.1) is 0 Å². The molecule has 0 bridgehead atoms. The maximum absolute atomic E-state index is 12.3. The van der Waals surface area contributed by atoms with Crippen molar-refractivity contribution in [3.63, 3.8) is 0 Å². The number of phenolic OH excluding ortho intramolecular Hbond substituents is 1. The van der Waals surface area contributed by atoms with Crippen molar-refractivity contribution in [3.05, 3.63) is 58.7 Å². The molecule has 4 N–H and O–H groups in total. The van der Waals surface area contributed by atoms with Gasteiger partial charge in [-0.15, -0.1) is 0 Å². The Bertz CT molecular complexity index is 1010. The van der Waals surface area contributed by atoms with Gasteiger partial charge in [-0.05, 0) is 23.8 Å². The molecule has 0 radical (unpaired) electrons. The van der Waals surface area contributed by atoms with Crippen LogP contribution < -0.4 is 14.9 Å². The first-order chi connectivity index (χ1) is 15.3. The van der Waals surface area contributed by atoms with Crippen LogP contribution in [0.15, 0.2) is 52.1 Å². The molecule has 2 aromatic rings. The number of methoxy groups -OCH3 is 1. The first-order valence-electron chi connectivity index (χ1n) is 9.45. The molecule has 3 rings (SSSR count). The van der Waals surface area contributed by atoms with Gasteiger partial charge in [-0.3, -0.25) is 4.79 Å². The zero-order valence-electron chi connectivity index (χ0n) is 16.9. The molecule has 11 nitrogen and oxygen atoms in total. The minimum Gasteiger partial charge on any atom is -0.504 e. The van der Waals surface area contributed by atoms with E-state index in [1.807, 2.05) is 0 Å². The van der Waals surface area contributed by atoms with Gasteiger partial charge >= 0.3 is 5.97 Å². The number of esters is 1. The van der Waals surface area contributed by atoms with Crippen molar-refractivity contribution < 1.29 is 48.6 Å². The fourth-order valence-corrected chi connectivity index (χ4v) is 2.99. The minimum atomic E-state index is -1.70. The van der Waals surface area contributed by atoms with Crippen LogP contribution in [0.1, 0.15) is 5.56 Å². The summed E-state index contributed by atoms with van der Waals surface area (Å²) in [6.07, 6.45) is -3.14. The maximum Gasteiger partial charge on any atom is 0.331 e. The van der Waals surface area contributed by atoms with Crippen molar-refractivity contribution in [1.82, 2.24) is 0 Å². The summed E-state index contributed by atoms with van der Waals surface area (Å²) in [5.74, 6) is -1.09. The summed E-state index contributed by atoms with van der Waals surface area (Å²) in [5, 5.41) is 40.1. The van der Waals surface area contributed by atoms with Gasteiger partial charge < -0.3 is 43.8 Å². The summed E-state index contributed by atoms with van der Waals surface area (Å²) in [7, 11) is 1.40. The smallest absolute Gasteiger partial charge is 0.331 e. The Balaban J connectivity index is 1.72. The second-order valence-corrected chi connectivity index (χ2v) is 6.78. The second-order valence-electron chi connectivity index (χ2n) is 6.78. The average Bonchev–Trinajstić information content (AvgIpc) is 2.78. The van der Waals surface area contributed by atoms with E-state index in [-0.39, 0.29) is 17.2 Å². The van der Waals surface area contributed by atoms with Gasteiger partial charge in [-0.1, -0.05) is 6.07 Å². The highest BCUT2D eigenvalue weighted by Crippen LogP contribution is 2.27. The number of hydrogen-bond acceptors (Lipinski definition) is 11. The van der Waals surface area contributed by atoms with Gasteiger partial charge in [0.25, 0.3) is 0 Å². The molecule has 5 atom stereocenters. The number of ether oxygens (including phenoxy) is 4. The Kier molecular flexibility index (Phi) is 7.49.